The van der Waals surface area contributed by atoms with Gasteiger partial charge in [0.15, 0.2) is 0 Å². The molecule has 0 radical (unpaired) electrons. The second-order valence-corrected chi connectivity index (χ2v) is 7.74. The van der Waals surface area contributed by atoms with Crippen LogP contribution in [-0.4, -0.2) is 55.4 Å². The van der Waals surface area contributed by atoms with Crippen LogP contribution in [0.15, 0.2) is 42.0 Å². The number of urea groups is 1. The standard InChI is InChI=1S/C18H16N8O4S/c1-18(10-3-2-4-11(7-10)26-9-20-23-24-26)16(29)25(17(30)22-18)8-13(27)21-15-12(14(19)28)5-6-31-15/h2-7,9H,8H2,1H3,(H2,19,28)(H,21,27)(H,22,30)/t18-/m0/s1. The van der Waals surface area contributed by atoms with Gasteiger partial charge in [-0.25, -0.2) is 9.48 Å². The molecule has 4 N–H and O–H groups in total. The fourth-order valence-corrected chi connectivity index (χ4v) is 3.99. The molecule has 1 saturated heterocycles. The maximum absolute atomic E-state index is 13.1. The highest BCUT2D eigenvalue weighted by molar-refractivity contribution is 7.14. The molecule has 1 aliphatic heterocycles. The van der Waals surface area contributed by atoms with Crippen LogP contribution < -0.4 is 16.4 Å². The number of rotatable bonds is 6. The topological polar surface area (TPSA) is 165 Å². The highest BCUT2D eigenvalue weighted by Gasteiger charge is 2.49. The van der Waals surface area contributed by atoms with Crippen molar-refractivity contribution < 1.29 is 19.2 Å². The van der Waals surface area contributed by atoms with E-state index in [1.807, 2.05) is 0 Å². The van der Waals surface area contributed by atoms with E-state index in [0.29, 0.717) is 11.3 Å². The molecule has 4 rings (SSSR count). The third-order valence-corrected chi connectivity index (χ3v) is 5.63. The second-order valence-electron chi connectivity index (χ2n) is 6.83. The van der Waals surface area contributed by atoms with E-state index in [1.165, 1.54) is 17.1 Å². The molecule has 1 atom stereocenters. The van der Waals surface area contributed by atoms with Crippen molar-refractivity contribution in [1.29, 1.82) is 0 Å². The quantitative estimate of drug-likeness (QED) is 0.461. The molecule has 3 heterocycles. The average Bonchev–Trinajstić information content (AvgIpc) is 3.47. The van der Waals surface area contributed by atoms with Gasteiger partial charge in [-0.15, -0.1) is 16.4 Å². The number of hydrogen-bond donors (Lipinski definition) is 3. The van der Waals surface area contributed by atoms with E-state index in [2.05, 4.69) is 26.2 Å². The number of imide groups is 1. The Hall–Kier alpha value is -4.13. The number of tetrazole rings is 1. The van der Waals surface area contributed by atoms with Crippen molar-refractivity contribution in [3.8, 4) is 5.69 Å². The summed E-state index contributed by atoms with van der Waals surface area (Å²) in [6.07, 6.45) is 1.40. The summed E-state index contributed by atoms with van der Waals surface area (Å²) in [4.78, 5) is 50.3. The number of thiophene rings is 1. The molecule has 0 aliphatic carbocycles. The zero-order valence-corrected chi connectivity index (χ0v) is 16.9. The van der Waals surface area contributed by atoms with Gasteiger partial charge in [0.25, 0.3) is 11.8 Å². The Morgan fingerprint density at radius 2 is 2.10 bits per heavy atom. The molecular formula is C18H16N8O4S. The van der Waals surface area contributed by atoms with E-state index >= 15 is 0 Å². The Morgan fingerprint density at radius 3 is 2.81 bits per heavy atom. The fourth-order valence-electron chi connectivity index (χ4n) is 3.19. The van der Waals surface area contributed by atoms with Crippen LogP contribution in [0, 0.1) is 0 Å². The Bertz CT molecular complexity index is 1190. The zero-order chi connectivity index (χ0) is 22.2. The minimum absolute atomic E-state index is 0.153. The van der Waals surface area contributed by atoms with E-state index in [1.54, 1.807) is 36.6 Å². The van der Waals surface area contributed by atoms with Crippen LogP contribution in [0.5, 0.6) is 0 Å². The van der Waals surface area contributed by atoms with Gasteiger partial charge in [-0.1, -0.05) is 12.1 Å². The third-order valence-electron chi connectivity index (χ3n) is 4.80. The van der Waals surface area contributed by atoms with Crippen LogP contribution in [-0.2, 0) is 15.1 Å². The summed E-state index contributed by atoms with van der Waals surface area (Å²) < 4.78 is 1.41. The Labute approximate surface area is 179 Å². The number of carbonyl (C=O) groups is 4. The molecular weight excluding hydrogens is 424 g/mol. The van der Waals surface area contributed by atoms with Gasteiger partial charge in [0, 0.05) is 0 Å². The molecule has 0 unspecified atom stereocenters. The first-order valence-electron chi connectivity index (χ1n) is 8.95. The number of amides is 5. The highest BCUT2D eigenvalue weighted by atomic mass is 32.1. The van der Waals surface area contributed by atoms with Gasteiger partial charge >= 0.3 is 6.03 Å². The molecule has 1 aromatic carbocycles. The number of carbonyl (C=O) groups excluding carboxylic acids is 4. The number of nitrogens with two attached hydrogens (primary N) is 1. The first-order chi connectivity index (χ1) is 14.8. The van der Waals surface area contributed by atoms with Crippen LogP contribution in [0.4, 0.5) is 9.80 Å². The summed E-state index contributed by atoms with van der Waals surface area (Å²) >= 11 is 1.11. The molecule has 5 amide bonds. The predicted octanol–water partition coefficient (Wildman–Crippen LogP) is 0.228. The van der Waals surface area contributed by atoms with E-state index in [0.717, 1.165) is 16.2 Å². The zero-order valence-electron chi connectivity index (χ0n) is 16.1. The van der Waals surface area contributed by atoms with Crippen LogP contribution >= 0.6 is 11.3 Å². The molecule has 1 fully saturated rings. The summed E-state index contributed by atoms with van der Waals surface area (Å²) in [5.41, 5.74) is 5.12. The van der Waals surface area contributed by atoms with Crippen molar-refractivity contribution in [2.45, 2.75) is 12.5 Å². The first kappa shape index (κ1) is 20.2. The number of nitrogens with one attached hydrogen (secondary N) is 2. The van der Waals surface area contributed by atoms with Crippen molar-refractivity contribution in [3.63, 3.8) is 0 Å². The maximum atomic E-state index is 13.1. The lowest BCUT2D eigenvalue weighted by molar-refractivity contribution is -0.133. The molecule has 0 bridgehead atoms. The van der Waals surface area contributed by atoms with Gasteiger partial charge in [-0.3, -0.25) is 19.3 Å². The highest BCUT2D eigenvalue weighted by Crippen LogP contribution is 2.30. The molecule has 31 heavy (non-hydrogen) atoms. The second kappa shape index (κ2) is 7.60. The predicted molar refractivity (Wildman–Crippen MR) is 108 cm³/mol. The number of aromatic nitrogens is 4. The van der Waals surface area contributed by atoms with Crippen LogP contribution in [0.1, 0.15) is 22.8 Å². The summed E-state index contributed by atoms with van der Waals surface area (Å²) in [6.45, 7) is 1.03. The normalized spacial score (nSPS) is 18.2. The summed E-state index contributed by atoms with van der Waals surface area (Å²) in [6, 6.07) is 7.56. The summed E-state index contributed by atoms with van der Waals surface area (Å²) in [5.74, 6) is -1.93. The minimum Gasteiger partial charge on any atom is -0.366 e. The molecule has 1 aliphatic rings. The van der Waals surface area contributed by atoms with Crippen LogP contribution in [0.3, 0.4) is 0 Å². The summed E-state index contributed by atoms with van der Waals surface area (Å²) in [7, 11) is 0. The molecule has 0 saturated carbocycles. The van der Waals surface area contributed by atoms with Crippen molar-refractivity contribution in [2.24, 2.45) is 5.73 Å². The number of anilines is 1. The Morgan fingerprint density at radius 1 is 1.29 bits per heavy atom. The maximum Gasteiger partial charge on any atom is 0.325 e. The lowest BCUT2D eigenvalue weighted by atomic mass is 9.91. The largest absolute Gasteiger partial charge is 0.366 e. The number of benzene rings is 1. The third kappa shape index (κ3) is 3.61. The molecule has 158 valence electrons. The molecule has 3 aromatic rings. The molecule has 12 nitrogen and oxygen atoms in total. The number of primary amides is 1. The Kier molecular flexibility index (Phi) is 4.94. The number of nitrogens with zero attached hydrogens (tertiary/aromatic N) is 5. The van der Waals surface area contributed by atoms with Crippen molar-refractivity contribution in [3.05, 3.63) is 53.2 Å². The van der Waals surface area contributed by atoms with Gasteiger partial charge in [-0.05, 0) is 46.5 Å². The SMILES string of the molecule is C[C@@]1(c2cccc(-n3cnnn3)c2)NC(=O)N(CC(=O)Nc2sccc2C(N)=O)C1=O. The average molecular weight is 440 g/mol. The number of hydrogen-bond acceptors (Lipinski definition) is 8. The van der Waals surface area contributed by atoms with E-state index in [-0.39, 0.29) is 10.6 Å². The van der Waals surface area contributed by atoms with Crippen LogP contribution in [0.25, 0.3) is 5.69 Å². The van der Waals surface area contributed by atoms with E-state index in [9.17, 15) is 19.2 Å². The Balaban J connectivity index is 1.53. The van der Waals surface area contributed by atoms with Crippen molar-refractivity contribution >= 4 is 40.1 Å². The van der Waals surface area contributed by atoms with Gasteiger partial charge in [0.1, 0.15) is 23.4 Å². The van der Waals surface area contributed by atoms with Gasteiger partial charge in [0.05, 0.1) is 11.3 Å². The molecule has 0 spiro atoms. The molecule has 13 heteroatoms. The molecule has 2 aromatic heterocycles. The van der Waals surface area contributed by atoms with Gasteiger partial charge < -0.3 is 16.4 Å². The van der Waals surface area contributed by atoms with Crippen LogP contribution in [0.2, 0.25) is 0 Å². The van der Waals surface area contributed by atoms with Crippen molar-refractivity contribution in [2.75, 3.05) is 11.9 Å². The van der Waals surface area contributed by atoms with Gasteiger partial charge in [-0.2, -0.15) is 0 Å². The lowest BCUT2D eigenvalue weighted by Crippen LogP contribution is -2.42. The summed E-state index contributed by atoms with van der Waals surface area (Å²) in [5, 5.41) is 18.0. The lowest BCUT2D eigenvalue weighted by Gasteiger charge is -2.22. The van der Waals surface area contributed by atoms with E-state index < -0.39 is 35.8 Å². The van der Waals surface area contributed by atoms with Gasteiger partial charge in [0.2, 0.25) is 5.91 Å². The van der Waals surface area contributed by atoms with Crippen molar-refractivity contribution in [1.82, 2.24) is 30.4 Å². The monoisotopic (exact) mass is 440 g/mol. The smallest absolute Gasteiger partial charge is 0.325 e. The minimum atomic E-state index is -1.39. The fraction of sp³-hybridized carbons (Fsp3) is 0.167. The first-order valence-corrected chi connectivity index (χ1v) is 9.83. The van der Waals surface area contributed by atoms with E-state index in [4.69, 9.17) is 5.73 Å².